The maximum atomic E-state index is 12.4. The van der Waals surface area contributed by atoms with E-state index < -0.39 is 0 Å². The summed E-state index contributed by atoms with van der Waals surface area (Å²) in [5.74, 6) is -0.181. The molecule has 1 aromatic heterocycles. The van der Waals surface area contributed by atoms with Crippen molar-refractivity contribution in [1.29, 1.82) is 5.26 Å². The number of nitrogens with zero attached hydrogens (tertiary/aromatic N) is 4. The monoisotopic (exact) mass is 314 g/mol. The van der Waals surface area contributed by atoms with Crippen LogP contribution in [0.5, 0.6) is 0 Å². The van der Waals surface area contributed by atoms with Crippen molar-refractivity contribution < 1.29 is 9.53 Å². The van der Waals surface area contributed by atoms with E-state index >= 15 is 0 Å². The third-order valence-electron chi connectivity index (χ3n) is 3.49. The first-order valence-electron chi connectivity index (χ1n) is 6.92. The van der Waals surface area contributed by atoms with Crippen LogP contribution in [0.25, 0.3) is 0 Å². The van der Waals surface area contributed by atoms with Gasteiger partial charge in [0.2, 0.25) is 5.13 Å². The van der Waals surface area contributed by atoms with E-state index in [2.05, 4.69) is 10.2 Å². The number of rotatable bonds is 3. The lowest BCUT2D eigenvalue weighted by atomic mass is 10.1. The molecular weight excluding hydrogens is 300 g/mol. The summed E-state index contributed by atoms with van der Waals surface area (Å²) < 4.78 is 5.58. The van der Waals surface area contributed by atoms with E-state index in [4.69, 9.17) is 10.00 Å². The van der Waals surface area contributed by atoms with Gasteiger partial charge in [0, 0.05) is 19.2 Å². The molecular formula is C15H14N4O2S. The van der Waals surface area contributed by atoms with Crippen molar-refractivity contribution >= 4 is 22.4 Å². The molecule has 1 fully saturated rings. The molecule has 112 valence electrons. The van der Waals surface area contributed by atoms with E-state index in [-0.39, 0.29) is 12.0 Å². The zero-order chi connectivity index (χ0) is 15.5. The molecule has 1 saturated heterocycles. The minimum atomic E-state index is -0.181. The van der Waals surface area contributed by atoms with Gasteiger partial charge in [0.05, 0.1) is 11.6 Å². The van der Waals surface area contributed by atoms with Crippen molar-refractivity contribution in [2.45, 2.75) is 18.9 Å². The minimum Gasteiger partial charge on any atom is -0.371 e. The molecule has 6 nitrogen and oxygen atoms in total. The fraction of sp³-hybridized carbons (Fsp3) is 0.333. The van der Waals surface area contributed by atoms with Crippen molar-refractivity contribution in [3.63, 3.8) is 0 Å². The highest BCUT2D eigenvalue weighted by molar-refractivity contribution is 7.15. The number of amides is 1. The summed E-state index contributed by atoms with van der Waals surface area (Å²) in [5, 5.41) is 18.4. The molecule has 3 rings (SSSR count). The number of anilines is 1. The zero-order valence-corrected chi connectivity index (χ0v) is 12.8. The molecule has 7 heteroatoms. The third-order valence-corrected chi connectivity index (χ3v) is 4.58. The topological polar surface area (TPSA) is 79.1 Å². The Morgan fingerprint density at radius 1 is 1.41 bits per heavy atom. The van der Waals surface area contributed by atoms with Gasteiger partial charge in [0.25, 0.3) is 5.91 Å². The van der Waals surface area contributed by atoms with Crippen molar-refractivity contribution in [3.8, 4) is 6.07 Å². The quantitative estimate of drug-likeness (QED) is 0.870. The van der Waals surface area contributed by atoms with Gasteiger partial charge in [-0.05, 0) is 37.1 Å². The van der Waals surface area contributed by atoms with E-state index in [9.17, 15) is 4.79 Å². The third kappa shape index (κ3) is 2.84. The average molecular weight is 314 g/mol. The molecule has 1 atom stereocenters. The molecule has 1 unspecified atom stereocenters. The normalized spacial score (nSPS) is 17.2. The Balaban J connectivity index is 1.76. The number of hydrogen-bond donors (Lipinski definition) is 0. The highest BCUT2D eigenvalue weighted by Gasteiger charge is 2.24. The van der Waals surface area contributed by atoms with E-state index in [1.54, 1.807) is 31.3 Å². The van der Waals surface area contributed by atoms with Gasteiger partial charge in [-0.3, -0.25) is 9.69 Å². The molecule has 1 amide bonds. The van der Waals surface area contributed by atoms with Gasteiger partial charge >= 0.3 is 0 Å². The maximum Gasteiger partial charge on any atom is 0.259 e. The summed E-state index contributed by atoms with van der Waals surface area (Å²) in [6.07, 6.45) is 1.98. The average Bonchev–Trinajstić information content (AvgIpc) is 3.24. The van der Waals surface area contributed by atoms with Crippen LogP contribution in [0.4, 0.5) is 5.13 Å². The second kappa shape index (κ2) is 6.22. The molecule has 2 aromatic rings. The standard InChI is InChI=1S/C15H14N4O2S/c1-19(14(20)11-6-4-10(9-16)5-7-11)15-18-17-13(22-15)12-3-2-8-21-12/h4-7,12H,2-3,8H2,1H3. The van der Waals surface area contributed by atoms with E-state index in [0.29, 0.717) is 16.3 Å². The molecule has 1 aromatic carbocycles. The predicted octanol–water partition coefficient (Wildman–Crippen LogP) is 2.54. The Bertz CT molecular complexity index is 714. The van der Waals surface area contributed by atoms with Gasteiger partial charge in [-0.1, -0.05) is 11.3 Å². The van der Waals surface area contributed by atoms with Crippen molar-refractivity contribution in [2.24, 2.45) is 0 Å². The van der Waals surface area contributed by atoms with Crippen molar-refractivity contribution in [2.75, 3.05) is 18.6 Å². The molecule has 0 N–H and O–H groups in total. The van der Waals surface area contributed by atoms with E-state index in [1.165, 1.54) is 16.2 Å². The number of hydrogen-bond acceptors (Lipinski definition) is 6. The van der Waals surface area contributed by atoms with Gasteiger partial charge in [-0.15, -0.1) is 10.2 Å². The molecule has 0 aliphatic carbocycles. The summed E-state index contributed by atoms with van der Waals surface area (Å²) in [4.78, 5) is 13.9. The van der Waals surface area contributed by atoms with Crippen LogP contribution in [0, 0.1) is 11.3 Å². The second-order valence-corrected chi connectivity index (χ2v) is 5.97. The highest BCUT2D eigenvalue weighted by atomic mass is 32.1. The molecule has 0 spiro atoms. The second-order valence-electron chi connectivity index (χ2n) is 4.98. The fourth-order valence-electron chi connectivity index (χ4n) is 2.23. The summed E-state index contributed by atoms with van der Waals surface area (Å²) in [7, 11) is 1.67. The zero-order valence-electron chi connectivity index (χ0n) is 12.0. The van der Waals surface area contributed by atoms with E-state index in [1.807, 2.05) is 6.07 Å². The summed E-state index contributed by atoms with van der Waals surface area (Å²) in [6.45, 7) is 0.750. The SMILES string of the molecule is CN(C(=O)c1ccc(C#N)cc1)c1nnc(C2CCCO2)s1. The number of ether oxygens (including phenoxy) is 1. The van der Waals surface area contributed by atoms with Crippen molar-refractivity contribution in [1.82, 2.24) is 10.2 Å². The Morgan fingerprint density at radius 2 is 2.18 bits per heavy atom. The number of benzene rings is 1. The van der Waals surface area contributed by atoms with E-state index in [0.717, 1.165) is 24.5 Å². The van der Waals surface area contributed by atoms with Gasteiger partial charge in [-0.2, -0.15) is 5.26 Å². The van der Waals surface area contributed by atoms with Crippen LogP contribution in [-0.4, -0.2) is 29.8 Å². The summed E-state index contributed by atoms with van der Waals surface area (Å²) in [5.41, 5.74) is 1.03. The number of carbonyl (C=O) groups is 1. The molecule has 0 bridgehead atoms. The summed E-state index contributed by atoms with van der Waals surface area (Å²) in [6, 6.07) is 8.55. The molecule has 22 heavy (non-hydrogen) atoms. The van der Waals surface area contributed by atoms with Crippen LogP contribution in [0.1, 0.15) is 39.9 Å². The Kier molecular flexibility index (Phi) is 4.13. The number of carbonyl (C=O) groups excluding carboxylic acids is 1. The van der Waals surface area contributed by atoms with Gasteiger partial charge < -0.3 is 4.74 Å². The maximum absolute atomic E-state index is 12.4. The largest absolute Gasteiger partial charge is 0.371 e. The fourth-order valence-corrected chi connectivity index (χ4v) is 3.12. The predicted molar refractivity (Wildman–Crippen MR) is 81.7 cm³/mol. The first-order valence-corrected chi connectivity index (χ1v) is 7.74. The van der Waals surface area contributed by atoms with Crippen LogP contribution >= 0.6 is 11.3 Å². The Hall–Kier alpha value is -2.30. The Morgan fingerprint density at radius 3 is 2.82 bits per heavy atom. The highest BCUT2D eigenvalue weighted by Crippen LogP contribution is 2.33. The van der Waals surface area contributed by atoms with Crippen LogP contribution in [0.15, 0.2) is 24.3 Å². The lowest BCUT2D eigenvalue weighted by Crippen LogP contribution is -2.26. The smallest absolute Gasteiger partial charge is 0.259 e. The Labute approximate surface area is 132 Å². The summed E-state index contributed by atoms with van der Waals surface area (Å²) >= 11 is 1.37. The minimum absolute atomic E-state index is 0.00432. The lowest BCUT2D eigenvalue weighted by Gasteiger charge is -2.13. The molecule has 2 heterocycles. The first kappa shape index (κ1) is 14.6. The molecule has 0 radical (unpaired) electrons. The van der Waals surface area contributed by atoms with Crippen LogP contribution in [0.3, 0.4) is 0 Å². The van der Waals surface area contributed by atoms with Crippen LogP contribution in [0.2, 0.25) is 0 Å². The molecule has 1 aliphatic heterocycles. The number of nitriles is 1. The number of aromatic nitrogens is 2. The molecule has 1 aliphatic rings. The van der Waals surface area contributed by atoms with Gasteiger partial charge in [0.15, 0.2) is 0 Å². The first-order chi connectivity index (χ1) is 10.7. The molecule has 0 saturated carbocycles. The lowest BCUT2D eigenvalue weighted by molar-refractivity contribution is 0.0993. The van der Waals surface area contributed by atoms with Crippen molar-refractivity contribution in [3.05, 3.63) is 40.4 Å². The van der Waals surface area contributed by atoms with Crippen LogP contribution < -0.4 is 4.90 Å². The van der Waals surface area contributed by atoms with Gasteiger partial charge in [-0.25, -0.2) is 0 Å². The van der Waals surface area contributed by atoms with Crippen LogP contribution in [-0.2, 0) is 4.74 Å². The van der Waals surface area contributed by atoms with Gasteiger partial charge in [0.1, 0.15) is 11.1 Å².